The van der Waals surface area contributed by atoms with E-state index in [-0.39, 0.29) is 19.1 Å². The normalized spacial score (nSPS) is 14.1. The Kier molecular flexibility index (Phi) is 56.5. The molecule has 76 heavy (non-hydrogen) atoms. The molecule has 0 aliphatic carbocycles. The highest BCUT2D eigenvalue weighted by atomic mass is 31.2. The van der Waals surface area contributed by atoms with Gasteiger partial charge in [-0.25, -0.2) is 0 Å². The van der Waals surface area contributed by atoms with Crippen molar-refractivity contribution in [3.63, 3.8) is 0 Å². The fourth-order valence-corrected chi connectivity index (χ4v) is 10.4. The lowest BCUT2D eigenvalue weighted by Gasteiger charge is -2.30. The van der Waals surface area contributed by atoms with E-state index in [0.29, 0.717) is 23.9 Å². The summed E-state index contributed by atoms with van der Waals surface area (Å²) in [4.78, 5) is 25.6. The summed E-state index contributed by atoms with van der Waals surface area (Å²) < 4.78 is 23.5. The number of phosphoric acid groups is 1. The van der Waals surface area contributed by atoms with E-state index in [1.54, 1.807) is 0 Å². The maximum atomic E-state index is 13.0. The first-order chi connectivity index (χ1) is 37.0. The van der Waals surface area contributed by atoms with Crippen LogP contribution in [0.1, 0.15) is 309 Å². The number of hydrogen-bond donors (Lipinski definition) is 2. The molecule has 0 aliphatic heterocycles. The lowest BCUT2D eigenvalue weighted by atomic mass is 10.0. The fraction of sp³-hybridized carbons (Fsp3) is 0.836. The molecule has 0 bridgehead atoms. The number of unbranched alkanes of at least 4 members (excludes halogenated alkanes) is 37. The molecule has 1 amide bonds. The van der Waals surface area contributed by atoms with Crippen LogP contribution in [0, 0.1) is 0 Å². The monoisotopic (exact) mass is 1090 g/mol. The molecular formula is C67H127N2O6P. The summed E-state index contributed by atoms with van der Waals surface area (Å²) >= 11 is 0. The van der Waals surface area contributed by atoms with E-state index < -0.39 is 20.0 Å². The Morgan fingerprint density at radius 3 is 1.17 bits per heavy atom. The van der Waals surface area contributed by atoms with Crippen molar-refractivity contribution in [2.24, 2.45) is 0 Å². The molecule has 2 N–H and O–H groups in total. The molecule has 446 valence electrons. The lowest BCUT2D eigenvalue weighted by Crippen LogP contribution is -2.46. The quantitative estimate of drug-likeness (QED) is 0.0272. The van der Waals surface area contributed by atoms with Gasteiger partial charge in [-0.05, 0) is 57.8 Å². The number of nitrogens with one attached hydrogen (secondary N) is 1. The third-order valence-corrected chi connectivity index (χ3v) is 15.7. The minimum absolute atomic E-state index is 0.0125. The second-order valence-electron chi connectivity index (χ2n) is 23.4. The zero-order valence-electron chi connectivity index (χ0n) is 51.0. The van der Waals surface area contributed by atoms with Gasteiger partial charge in [0.25, 0.3) is 7.82 Å². The van der Waals surface area contributed by atoms with Crippen LogP contribution < -0.4 is 10.2 Å². The molecule has 9 heteroatoms. The van der Waals surface area contributed by atoms with Crippen molar-refractivity contribution < 1.29 is 32.9 Å². The van der Waals surface area contributed by atoms with E-state index in [4.69, 9.17) is 9.05 Å². The van der Waals surface area contributed by atoms with Gasteiger partial charge in [-0.1, -0.05) is 306 Å². The number of hydrogen-bond acceptors (Lipinski definition) is 6. The van der Waals surface area contributed by atoms with E-state index in [1.165, 1.54) is 212 Å². The van der Waals surface area contributed by atoms with Crippen LogP contribution >= 0.6 is 7.82 Å². The topological polar surface area (TPSA) is 108 Å². The van der Waals surface area contributed by atoms with Crippen LogP contribution in [0.5, 0.6) is 0 Å². The Bertz CT molecular complexity index is 1420. The predicted octanol–water partition coefficient (Wildman–Crippen LogP) is 19.8. The number of phosphoric ester groups is 1. The standard InChI is InChI=1S/C67H127N2O6P/c1-6-8-10-12-14-16-18-20-22-24-26-28-29-30-31-32-33-34-35-36-37-38-39-41-43-45-47-49-51-53-55-57-59-61-67(71)68-65(64-75-76(72,73)74-63-62-69(3,4)5)66(70)60-58-56-54-52-50-48-46-44-42-40-27-25-23-21-19-17-15-13-11-9-7-2/h8,10,14,16,20,22,26,28,30-31,65-66,70H,6-7,9,11-13,15,17-19,21,23-25,27,29,32-64H2,1-5H3,(H-,68,71,72,73)/b10-8-,16-14-,22-20-,28-26-,31-30-. The highest BCUT2D eigenvalue weighted by molar-refractivity contribution is 7.45. The maximum absolute atomic E-state index is 13.0. The van der Waals surface area contributed by atoms with E-state index in [1.807, 2.05) is 21.1 Å². The van der Waals surface area contributed by atoms with Gasteiger partial charge in [-0.15, -0.1) is 0 Å². The number of aliphatic hydroxyl groups excluding tert-OH is 1. The molecule has 0 saturated heterocycles. The van der Waals surface area contributed by atoms with Gasteiger partial charge < -0.3 is 28.8 Å². The van der Waals surface area contributed by atoms with Crippen molar-refractivity contribution in [3.8, 4) is 0 Å². The van der Waals surface area contributed by atoms with Gasteiger partial charge in [-0.3, -0.25) is 9.36 Å². The van der Waals surface area contributed by atoms with Crippen LogP contribution in [0.15, 0.2) is 60.8 Å². The molecule has 0 aromatic heterocycles. The highest BCUT2D eigenvalue weighted by Crippen LogP contribution is 2.38. The van der Waals surface area contributed by atoms with Gasteiger partial charge in [0.1, 0.15) is 13.2 Å². The van der Waals surface area contributed by atoms with Crippen molar-refractivity contribution in [1.82, 2.24) is 5.32 Å². The van der Waals surface area contributed by atoms with Crippen LogP contribution in [-0.4, -0.2) is 68.5 Å². The zero-order valence-corrected chi connectivity index (χ0v) is 51.9. The molecule has 0 heterocycles. The number of aliphatic hydroxyl groups is 1. The summed E-state index contributed by atoms with van der Waals surface area (Å²) in [5, 5.41) is 14.1. The Morgan fingerprint density at radius 2 is 0.803 bits per heavy atom. The molecule has 0 aromatic carbocycles. The molecule has 0 saturated carbocycles. The van der Waals surface area contributed by atoms with Gasteiger partial charge in [-0.2, -0.15) is 0 Å². The van der Waals surface area contributed by atoms with Crippen molar-refractivity contribution >= 4 is 13.7 Å². The van der Waals surface area contributed by atoms with Crippen LogP contribution in [0.25, 0.3) is 0 Å². The lowest BCUT2D eigenvalue weighted by molar-refractivity contribution is -0.870. The van der Waals surface area contributed by atoms with E-state index in [9.17, 15) is 19.4 Å². The molecular weight excluding hydrogens is 960 g/mol. The number of nitrogens with zero attached hydrogens (tertiary/aromatic N) is 1. The molecule has 0 aliphatic rings. The summed E-state index contributed by atoms with van der Waals surface area (Å²) in [6.45, 7) is 4.65. The Hall–Kier alpha value is -1.80. The maximum Gasteiger partial charge on any atom is 0.268 e. The van der Waals surface area contributed by atoms with Crippen molar-refractivity contribution in [2.45, 2.75) is 321 Å². The average Bonchev–Trinajstić information content (AvgIpc) is 3.38. The van der Waals surface area contributed by atoms with Crippen molar-refractivity contribution in [1.29, 1.82) is 0 Å². The number of likely N-dealkylation sites (N-methyl/N-ethyl adjacent to an activating group) is 1. The molecule has 0 aromatic rings. The predicted molar refractivity (Wildman–Crippen MR) is 330 cm³/mol. The molecule has 0 radical (unpaired) electrons. The second kappa shape index (κ2) is 57.9. The summed E-state index contributed by atoms with van der Waals surface area (Å²) in [5.74, 6) is -0.161. The smallest absolute Gasteiger partial charge is 0.268 e. The average molecular weight is 1090 g/mol. The first kappa shape index (κ1) is 74.2. The Morgan fingerprint density at radius 1 is 0.474 bits per heavy atom. The van der Waals surface area contributed by atoms with Crippen LogP contribution in [0.4, 0.5) is 0 Å². The zero-order chi connectivity index (χ0) is 55.6. The number of carbonyl (C=O) groups excluding carboxylic acids is 1. The van der Waals surface area contributed by atoms with Gasteiger partial charge in [0.05, 0.1) is 39.9 Å². The minimum atomic E-state index is -4.58. The SMILES string of the molecule is CC/C=C\C/C=C\C/C=C\C/C=C\C/C=C\CCCCCCCCCCCCCCCCCCCC(=O)NC(COP(=O)([O-])OCC[N+](C)(C)C)C(O)CCCCCCCCCCCCCCCCCCCCCCC. The summed E-state index contributed by atoms with van der Waals surface area (Å²) in [7, 11) is 1.31. The van der Waals surface area contributed by atoms with Crippen LogP contribution in [0.2, 0.25) is 0 Å². The molecule has 0 spiro atoms. The van der Waals surface area contributed by atoms with E-state index in [2.05, 4.69) is 79.9 Å². The summed E-state index contributed by atoms with van der Waals surface area (Å²) in [6, 6.07) is -0.802. The van der Waals surface area contributed by atoms with E-state index >= 15 is 0 Å². The van der Waals surface area contributed by atoms with Gasteiger partial charge >= 0.3 is 0 Å². The molecule has 3 unspecified atom stereocenters. The number of rotatable bonds is 60. The van der Waals surface area contributed by atoms with Crippen LogP contribution in [-0.2, 0) is 18.4 Å². The van der Waals surface area contributed by atoms with Gasteiger partial charge in [0, 0.05) is 6.42 Å². The van der Waals surface area contributed by atoms with Crippen molar-refractivity contribution in [3.05, 3.63) is 60.8 Å². The number of carbonyl (C=O) groups is 1. The van der Waals surface area contributed by atoms with Crippen LogP contribution in [0.3, 0.4) is 0 Å². The third-order valence-electron chi connectivity index (χ3n) is 14.8. The van der Waals surface area contributed by atoms with Crippen molar-refractivity contribution in [2.75, 3.05) is 40.9 Å². The first-order valence-electron chi connectivity index (χ1n) is 32.6. The largest absolute Gasteiger partial charge is 0.756 e. The Balaban J connectivity index is 4.04. The number of quaternary nitrogens is 1. The van der Waals surface area contributed by atoms with E-state index in [0.717, 1.165) is 70.6 Å². The fourth-order valence-electron chi connectivity index (χ4n) is 9.72. The van der Waals surface area contributed by atoms with Gasteiger partial charge in [0.2, 0.25) is 5.91 Å². The third kappa shape index (κ3) is 59.9. The molecule has 0 fully saturated rings. The minimum Gasteiger partial charge on any atom is -0.756 e. The second-order valence-corrected chi connectivity index (χ2v) is 24.9. The molecule has 0 rings (SSSR count). The van der Waals surface area contributed by atoms with Gasteiger partial charge in [0.15, 0.2) is 0 Å². The summed E-state index contributed by atoms with van der Waals surface area (Å²) in [6.07, 6.45) is 78.4. The Labute approximate surface area is 472 Å². The number of allylic oxidation sites excluding steroid dienone is 10. The number of amides is 1. The highest BCUT2D eigenvalue weighted by Gasteiger charge is 2.24. The molecule has 3 atom stereocenters. The summed E-state index contributed by atoms with van der Waals surface area (Å²) in [5.41, 5.74) is 0. The molecule has 8 nitrogen and oxygen atoms in total. The first-order valence-corrected chi connectivity index (χ1v) is 34.1.